The summed E-state index contributed by atoms with van der Waals surface area (Å²) in [6.45, 7) is -0.0280. The molecule has 11 aromatic rings. The smallest absolute Gasteiger partial charge is 0.164 e. The molecule has 8 aromatic carbocycles. The van der Waals surface area contributed by atoms with Gasteiger partial charge >= 0.3 is 0 Å². The van der Waals surface area contributed by atoms with Gasteiger partial charge in [-0.1, -0.05) is 146 Å². The monoisotopic (exact) mass is 842 g/mol. The highest BCUT2D eigenvalue weighted by Gasteiger charge is 2.16. The molecular weight excluding hydrogens is 805 g/mol. The zero-order chi connectivity index (χ0) is 43.7. The molecule has 0 aliphatic heterocycles. The van der Waals surface area contributed by atoms with Crippen LogP contribution in [0.15, 0.2) is 199 Å². The number of methoxy groups -OCH3 is 1. The molecule has 310 valence electrons. The standard InChI is InChI=1S/C56H38N6O3/c1-64-46-28-24-43(25-29-46)56-60-52(39-10-6-3-7-11-39)59-55(62-56)42-22-18-37(19-23-42)45-27-31-50-48(33-45)47-32-44(26-30-49(47)65-50)36-16-20-41(21-17-36)54-58-51(38-8-4-2-5-9-38)57-53(61-54)40-14-12-35(34-63)13-15-40/h2-33,63H,34H2,1H3. The number of fused-ring (bicyclic) bond motifs is 3. The van der Waals surface area contributed by atoms with Crippen molar-refractivity contribution in [1.82, 2.24) is 29.9 Å². The Morgan fingerprint density at radius 2 is 0.662 bits per heavy atom. The van der Waals surface area contributed by atoms with Crippen LogP contribution in [0.4, 0.5) is 0 Å². The molecule has 11 rings (SSSR count). The summed E-state index contributed by atoms with van der Waals surface area (Å²) in [6, 6.07) is 64.5. The van der Waals surface area contributed by atoms with Crippen LogP contribution in [0.1, 0.15) is 5.56 Å². The van der Waals surface area contributed by atoms with Crippen molar-refractivity contribution >= 4 is 21.9 Å². The number of hydrogen-bond acceptors (Lipinski definition) is 9. The molecule has 0 fully saturated rings. The lowest BCUT2D eigenvalue weighted by molar-refractivity contribution is 0.282. The Bertz CT molecular complexity index is 3240. The van der Waals surface area contributed by atoms with Crippen LogP contribution in [0.5, 0.6) is 5.75 Å². The van der Waals surface area contributed by atoms with Crippen molar-refractivity contribution < 1.29 is 14.3 Å². The van der Waals surface area contributed by atoms with E-state index in [9.17, 15) is 5.11 Å². The Morgan fingerprint density at radius 1 is 0.354 bits per heavy atom. The zero-order valence-corrected chi connectivity index (χ0v) is 35.1. The van der Waals surface area contributed by atoms with E-state index in [1.165, 1.54) is 0 Å². The largest absolute Gasteiger partial charge is 0.497 e. The maximum absolute atomic E-state index is 9.59. The molecule has 9 nitrogen and oxygen atoms in total. The van der Waals surface area contributed by atoms with E-state index in [0.717, 1.165) is 88.9 Å². The topological polar surface area (TPSA) is 120 Å². The lowest BCUT2D eigenvalue weighted by atomic mass is 9.99. The first-order chi connectivity index (χ1) is 32.0. The first-order valence-corrected chi connectivity index (χ1v) is 21.2. The molecular formula is C56H38N6O3. The molecule has 1 N–H and O–H groups in total. The third-order valence-electron chi connectivity index (χ3n) is 11.5. The number of hydrogen-bond donors (Lipinski definition) is 1. The SMILES string of the molecule is COc1ccc(-c2nc(-c3ccccc3)nc(-c3ccc(-c4ccc5oc6ccc(-c7ccc(-c8nc(-c9ccccc9)nc(-c9ccc(CO)cc9)n8)cc7)cc6c5c4)cc3)n2)cc1. The molecule has 0 aliphatic rings. The Labute approximate surface area is 374 Å². The molecule has 0 bridgehead atoms. The Balaban J connectivity index is 0.896. The molecule has 3 aromatic heterocycles. The van der Waals surface area contributed by atoms with Crippen LogP contribution in [0.3, 0.4) is 0 Å². The molecule has 0 radical (unpaired) electrons. The number of aliphatic hydroxyl groups excluding tert-OH is 1. The van der Waals surface area contributed by atoms with Crippen LogP contribution in [0.25, 0.3) is 113 Å². The van der Waals surface area contributed by atoms with E-state index in [-0.39, 0.29) is 6.61 Å². The molecule has 65 heavy (non-hydrogen) atoms. The first kappa shape index (κ1) is 39.2. The van der Waals surface area contributed by atoms with Gasteiger partial charge in [0.25, 0.3) is 0 Å². The predicted octanol–water partition coefficient (Wildman–Crippen LogP) is 12.8. The van der Waals surface area contributed by atoms with Crippen LogP contribution < -0.4 is 4.74 Å². The van der Waals surface area contributed by atoms with E-state index in [1.807, 2.05) is 121 Å². The molecule has 0 unspecified atom stereocenters. The van der Waals surface area contributed by atoms with Crippen molar-refractivity contribution in [2.45, 2.75) is 6.61 Å². The van der Waals surface area contributed by atoms with Crippen LogP contribution in [0.2, 0.25) is 0 Å². The third-order valence-corrected chi connectivity index (χ3v) is 11.5. The van der Waals surface area contributed by atoms with Gasteiger partial charge in [-0.2, -0.15) is 0 Å². The van der Waals surface area contributed by atoms with Gasteiger partial charge in [0.1, 0.15) is 16.9 Å². The van der Waals surface area contributed by atoms with Gasteiger partial charge in [-0.15, -0.1) is 0 Å². The second kappa shape index (κ2) is 16.9. The number of furan rings is 1. The molecule has 0 atom stereocenters. The maximum atomic E-state index is 9.59. The first-order valence-electron chi connectivity index (χ1n) is 21.2. The quantitative estimate of drug-likeness (QED) is 0.143. The van der Waals surface area contributed by atoms with E-state index in [1.54, 1.807) is 7.11 Å². The van der Waals surface area contributed by atoms with Gasteiger partial charge in [-0.25, -0.2) is 29.9 Å². The number of aliphatic hydroxyl groups is 1. The van der Waals surface area contributed by atoms with Gasteiger partial charge < -0.3 is 14.3 Å². The number of nitrogens with zero attached hydrogens (tertiary/aromatic N) is 6. The molecule has 0 spiro atoms. The minimum Gasteiger partial charge on any atom is -0.497 e. The number of benzene rings is 8. The lowest BCUT2D eigenvalue weighted by Gasteiger charge is -2.10. The number of rotatable bonds is 10. The Kier molecular flexibility index (Phi) is 10.2. The van der Waals surface area contributed by atoms with Gasteiger partial charge in [-0.05, 0) is 76.3 Å². The van der Waals surface area contributed by atoms with Crippen molar-refractivity contribution in [2.24, 2.45) is 0 Å². The Morgan fingerprint density at radius 3 is 1.02 bits per heavy atom. The minimum absolute atomic E-state index is 0.0280. The second-order valence-corrected chi connectivity index (χ2v) is 15.6. The van der Waals surface area contributed by atoms with Gasteiger partial charge in [0.2, 0.25) is 0 Å². The summed E-state index contributed by atoms with van der Waals surface area (Å²) in [5.74, 6) is 4.28. The van der Waals surface area contributed by atoms with Crippen LogP contribution >= 0.6 is 0 Å². The molecule has 9 heteroatoms. The van der Waals surface area contributed by atoms with Crippen molar-refractivity contribution in [2.75, 3.05) is 7.11 Å². The average molecular weight is 843 g/mol. The summed E-state index contributed by atoms with van der Waals surface area (Å²) in [7, 11) is 1.65. The average Bonchev–Trinajstić information content (AvgIpc) is 3.76. The summed E-state index contributed by atoms with van der Waals surface area (Å²) in [5, 5.41) is 11.7. The molecule has 0 aliphatic carbocycles. The van der Waals surface area contributed by atoms with Crippen LogP contribution in [0, 0.1) is 0 Å². The van der Waals surface area contributed by atoms with Gasteiger partial charge in [0.05, 0.1) is 13.7 Å². The molecule has 0 saturated carbocycles. The zero-order valence-electron chi connectivity index (χ0n) is 35.1. The van der Waals surface area contributed by atoms with Crippen molar-refractivity contribution in [1.29, 1.82) is 0 Å². The van der Waals surface area contributed by atoms with E-state index in [2.05, 4.69) is 72.8 Å². The van der Waals surface area contributed by atoms with Crippen molar-refractivity contribution in [3.8, 4) is 96.3 Å². The third kappa shape index (κ3) is 7.88. The fraction of sp³-hybridized carbons (Fsp3) is 0.0357. The molecule has 0 saturated heterocycles. The lowest BCUT2D eigenvalue weighted by Crippen LogP contribution is -2.00. The highest BCUT2D eigenvalue weighted by molar-refractivity contribution is 6.07. The van der Waals surface area contributed by atoms with E-state index < -0.39 is 0 Å². The second-order valence-electron chi connectivity index (χ2n) is 15.6. The van der Waals surface area contributed by atoms with E-state index in [0.29, 0.717) is 34.9 Å². The maximum Gasteiger partial charge on any atom is 0.164 e. The normalized spacial score (nSPS) is 11.3. The minimum atomic E-state index is -0.0280. The summed E-state index contributed by atoms with van der Waals surface area (Å²) >= 11 is 0. The van der Waals surface area contributed by atoms with E-state index in [4.69, 9.17) is 39.1 Å². The highest BCUT2D eigenvalue weighted by Crippen LogP contribution is 2.36. The molecule has 3 heterocycles. The summed E-state index contributed by atoms with van der Waals surface area (Å²) in [6.07, 6.45) is 0. The van der Waals surface area contributed by atoms with Gasteiger partial charge in [-0.3, -0.25) is 0 Å². The fourth-order valence-corrected chi connectivity index (χ4v) is 7.96. The summed E-state index contributed by atoms with van der Waals surface area (Å²) in [5.41, 5.74) is 12.0. The van der Waals surface area contributed by atoms with Crippen molar-refractivity contribution in [3.05, 3.63) is 200 Å². The van der Waals surface area contributed by atoms with Crippen LogP contribution in [-0.2, 0) is 6.61 Å². The van der Waals surface area contributed by atoms with Crippen molar-refractivity contribution in [3.63, 3.8) is 0 Å². The predicted molar refractivity (Wildman–Crippen MR) is 256 cm³/mol. The van der Waals surface area contributed by atoms with Crippen LogP contribution in [-0.4, -0.2) is 42.1 Å². The Hall–Kier alpha value is -8.66. The van der Waals surface area contributed by atoms with Gasteiger partial charge in [0.15, 0.2) is 34.9 Å². The highest BCUT2D eigenvalue weighted by atomic mass is 16.5. The van der Waals surface area contributed by atoms with E-state index >= 15 is 0 Å². The summed E-state index contributed by atoms with van der Waals surface area (Å²) in [4.78, 5) is 29.3. The number of ether oxygens (including phenoxy) is 1. The fourth-order valence-electron chi connectivity index (χ4n) is 7.96. The summed E-state index contributed by atoms with van der Waals surface area (Å²) < 4.78 is 11.7. The molecule has 0 amide bonds. The van der Waals surface area contributed by atoms with Gasteiger partial charge in [0, 0.05) is 44.2 Å². The number of aromatic nitrogens is 6.